The van der Waals surface area contributed by atoms with E-state index >= 15 is 0 Å². The molecule has 2 aromatic heterocycles. The van der Waals surface area contributed by atoms with Gasteiger partial charge in [0.2, 0.25) is 0 Å². The molecule has 0 aliphatic heterocycles. The first-order chi connectivity index (χ1) is 9.29. The van der Waals surface area contributed by atoms with Crippen LogP contribution >= 0.6 is 0 Å². The molecule has 0 N–H and O–H groups in total. The number of benzene rings is 1. The van der Waals surface area contributed by atoms with Crippen molar-refractivity contribution < 1.29 is 4.39 Å². The highest BCUT2D eigenvalue weighted by atomic mass is 19.1. The van der Waals surface area contributed by atoms with Crippen LogP contribution in [-0.2, 0) is 0 Å². The molecule has 0 bridgehead atoms. The predicted molar refractivity (Wildman–Crippen MR) is 69.6 cm³/mol. The summed E-state index contributed by atoms with van der Waals surface area (Å²) in [6.07, 6.45) is 1.63. The minimum atomic E-state index is -0.394. The lowest BCUT2D eigenvalue weighted by atomic mass is 10.1. The summed E-state index contributed by atoms with van der Waals surface area (Å²) in [5, 5.41) is 9.19. The lowest BCUT2D eigenvalue weighted by Gasteiger charge is -2.06. The van der Waals surface area contributed by atoms with Crippen LogP contribution in [0.2, 0.25) is 0 Å². The van der Waals surface area contributed by atoms with Gasteiger partial charge in [0, 0.05) is 11.8 Å². The molecule has 1 aromatic carbocycles. The van der Waals surface area contributed by atoms with E-state index in [1.807, 2.05) is 6.07 Å². The Labute approximate surface area is 109 Å². The van der Waals surface area contributed by atoms with Gasteiger partial charge in [0.15, 0.2) is 0 Å². The fourth-order valence-corrected chi connectivity index (χ4v) is 1.94. The highest BCUT2D eigenvalue weighted by molar-refractivity contribution is 5.81. The van der Waals surface area contributed by atoms with Gasteiger partial charge in [-0.1, -0.05) is 12.1 Å². The van der Waals surface area contributed by atoms with Gasteiger partial charge in [-0.3, -0.25) is 4.98 Å². The summed E-state index contributed by atoms with van der Waals surface area (Å²) in [6.45, 7) is 0. The molecular formula is C15H8FN3. The standard InChI is InChI=1S/C15H8FN3/c16-12-5-2-1-4-11(12)15-10(9-17)8-14-13(19-15)6-3-7-18-14/h1-8H. The van der Waals surface area contributed by atoms with Gasteiger partial charge in [-0.25, -0.2) is 9.37 Å². The maximum atomic E-state index is 13.8. The second kappa shape index (κ2) is 4.46. The molecule has 0 amide bonds. The second-order valence-corrected chi connectivity index (χ2v) is 4.02. The highest BCUT2D eigenvalue weighted by Crippen LogP contribution is 2.26. The number of aromatic nitrogens is 2. The summed E-state index contributed by atoms with van der Waals surface area (Å²) < 4.78 is 13.8. The van der Waals surface area contributed by atoms with E-state index in [1.165, 1.54) is 6.07 Å². The Morgan fingerprint density at radius 1 is 1.05 bits per heavy atom. The van der Waals surface area contributed by atoms with Gasteiger partial charge in [0.05, 0.1) is 22.3 Å². The van der Waals surface area contributed by atoms with Crippen molar-refractivity contribution in [2.24, 2.45) is 0 Å². The number of hydrogen-bond acceptors (Lipinski definition) is 3. The van der Waals surface area contributed by atoms with Gasteiger partial charge in [-0.15, -0.1) is 0 Å². The molecule has 19 heavy (non-hydrogen) atoms. The Morgan fingerprint density at radius 3 is 2.68 bits per heavy atom. The first-order valence-corrected chi connectivity index (χ1v) is 5.70. The van der Waals surface area contributed by atoms with E-state index in [2.05, 4.69) is 9.97 Å². The zero-order valence-electron chi connectivity index (χ0n) is 9.84. The quantitative estimate of drug-likeness (QED) is 0.664. The molecular weight excluding hydrogens is 241 g/mol. The normalized spacial score (nSPS) is 10.3. The van der Waals surface area contributed by atoms with E-state index in [4.69, 9.17) is 0 Å². The van der Waals surface area contributed by atoms with Crippen molar-refractivity contribution in [1.82, 2.24) is 9.97 Å². The largest absolute Gasteiger partial charge is 0.255 e. The van der Waals surface area contributed by atoms with E-state index in [-0.39, 0.29) is 0 Å². The van der Waals surface area contributed by atoms with Crippen molar-refractivity contribution in [1.29, 1.82) is 5.26 Å². The molecule has 0 spiro atoms. The number of rotatable bonds is 1. The molecule has 0 saturated carbocycles. The molecule has 0 saturated heterocycles. The van der Waals surface area contributed by atoms with Gasteiger partial charge in [0.1, 0.15) is 11.9 Å². The number of halogens is 1. The van der Waals surface area contributed by atoms with Crippen molar-refractivity contribution in [2.75, 3.05) is 0 Å². The molecule has 3 nitrogen and oxygen atoms in total. The first kappa shape index (κ1) is 11.3. The number of pyridine rings is 2. The average Bonchev–Trinajstić information content (AvgIpc) is 2.46. The van der Waals surface area contributed by atoms with Crippen molar-refractivity contribution in [3.63, 3.8) is 0 Å². The summed E-state index contributed by atoms with van der Waals surface area (Å²) >= 11 is 0. The molecule has 0 fully saturated rings. The molecule has 90 valence electrons. The highest BCUT2D eigenvalue weighted by Gasteiger charge is 2.12. The summed E-state index contributed by atoms with van der Waals surface area (Å²) in [5.74, 6) is -0.394. The molecule has 3 aromatic rings. The number of nitriles is 1. The van der Waals surface area contributed by atoms with Crippen molar-refractivity contribution >= 4 is 11.0 Å². The number of nitrogens with zero attached hydrogens (tertiary/aromatic N) is 3. The lowest BCUT2D eigenvalue weighted by molar-refractivity contribution is 0.631. The van der Waals surface area contributed by atoms with Gasteiger partial charge in [0.25, 0.3) is 0 Å². The maximum Gasteiger partial charge on any atom is 0.132 e. The first-order valence-electron chi connectivity index (χ1n) is 5.70. The van der Waals surface area contributed by atoms with Crippen LogP contribution in [0, 0.1) is 17.1 Å². The Kier molecular flexibility index (Phi) is 2.66. The summed E-state index contributed by atoms with van der Waals surface area (Å²) in [7, 11) is 0. The molecule has 0 aliphatic rings. The van der Waals surface area contributed by atoms with Gasteiger partial charge in [-0.2, -0.15) is 5.26 Å². The van der Waals surface area contributed by atoms with Crippen LogP contribution in [0.25, 0.3) is 22.3 Å². The molecule has 2 heterocycles. The van der Waals surface area contributed by atoms with Crippen molar-refractivity contribution in [3.8, 4) is 17.3 Å². The molecule has 4 heteroatoms. The third-order valence-electron chi connectivity index (χ3n) is 2.83. The smallest absolute Gasteiger partial charge is 0.132 e. The third-order valence-corrected chi connectivity index (χ3v) is 2.83. The van der Waals surface area contributed by atoms with Crippen LogP contribution in [-0.4, -0.2) is 9.97 Å². The predicted octanol–water partition coefficient (Wildman–Crippen LogP) is 3.31. The Balaban J connectivity index is 2.35. The zero-order chi connectivity index (χ0) is 13.2. The maximum absolute atomic E-state index is 13.8. The van der Waals surface area contributed by atoms with E-state index < -0.39 is 5.82 Å². The number of hydrogen-bond donors (Lipinski definition) is 0. The van der Waals surface area contributed by atoms with Crippen LogP contribution in [0.15, 0.2) is 48.7 Å². The van der Waals surface area contributed by atoms with E-state index in [0.717, 1.165) is 0 Å². The molecule has 0 unspecified atom stereocenters. The molecule has 3 rings (SSSR count). The summed E-state index contributed by atoms with van der Waals surface area (Å²) in [5.41, 5.74) is 2.25. The fraction of sp³-hybridized carbons (Fsp3) is 0. The Hall–Kier alpha value is -2.80. The SMILES string of the molecule is N#Cc1cc2ncccc2nc1-c1ccccc1F. The van der Waals surface area contributed by atoms with Crippen LogP contribution in [0.5, 0.6) is 0 Å². The average molecular weight is 249 g/mol. The topological polar surface area (TPSA) is 49.6 Å². The Bertz CT molecular complexity index is 806. The molecule has 0 atom stereocenters. The Morgan fingerprint density at radius 2 is 1.89 bits per heavy atom. The molecule has 0 aliphatic carbocycles. The van der Waals surface area contributed by atoms with Crippen LogP contribution < -0.4 is 0 Å². The van der Waals surface area contributed by atoms with E-state index in [9.17, 15) is 9.65 Å². The lowest BCUT2D eigenvalue weighted by Crippen LogP contribution is -1.94. The second-order valence-electron chi connectivity index (χ2n) is 4.02. The van der Waals surface area contributed by atoms with E-state index in [1.54, 1.807) is 42.6 Å². The van der Waals surface area contributed by atoms with Gasteiger partial charge >= 0.3 is 0 Å². The monoisotopic (exact) mass is 249 g/mol. The summed E-state index contributed by atoms with van der Waals surface area (Å²) in [6, 6.07) is 13.5. The van der Waals surface area contributed by atoms with Crippen LogP contribution in [0.3, 0.4) is 0 Å². The van der Waals surface area contributed by atoms with Crippen LogP contribution in [0.1, 0.15) is 5.56 Å². The third kappa shape index (κ3) is 1.91. The van der Waals surface area contributed by atoms with Crippen LogP contribution in [0.4, 0.5) is 4.39 Å². The van der Waals surface area contributed by atoms with Crippen molar-refractivity contribution in [2.45, 2.75) is 0 Å². The minimum absolute atomic E-state index is 0.316. The molecule has 0 radical (unpaired) electrons. The van der Waals surface area contributed by atoms with Gasteiger partial charge < -0.3 is 0 Å². The fourth-order valence-electron chi connectivity index (χ4n) is 1.94. The summed E-state index contributed by atoms with van der Waals surface area (Å²) in [4.78, 5) is 8.49. The van der Waals surface area contributed by atoms with E-state index in [0.29, 0.717) is 27.9 Å². The minimum Gasteiger partial charge on any atom is -0.255 e. The number of fused-ring (bicyclic) bond motifs is 1. The van der Waals surface area contributed by atoms with Crippen molar-refractivity contribution in [3.05, 3.63) is 60.0 Å². The van der Waals surface area contributed by atoms with Gasteiger partial charge in [-0.05, 0) is 30.3 Å². The zero-order valence-corrected chi connectivity index (χ0v) is 9.84.